The molecule has 0 heterocycles. The molecule has 0 aliphatic carbocycles. The standard InChI is InChI=1S/C9H17NO5S/c1-9(2,16(4,14)15)8(13)10(3)6-5-7(11)12/h5-6H2,1-4H3,(H,11,12). The molecule has 0 rings (SSSR count). The Morgan fingerprint density at radius 3 is 2.06 bits per heavy atom. The second kappa shape index (κ2) is 4.82. The minimum absolute atomic E-state index is 0.00683. The minimum atomic E-state index is -3.52. The van der Waals surface area contributed by atoms with Crippen LogP contribution >= 0.6 is 0 Å². The molecule has 0 aromatic carbocycles. The third-order valence-corrected chi connectivity index (χ3v) is 4.48. The maximum Gasteiger partial charge on any atom is 0.305 e. The van der Waals surface area contributed by atoms with Crippen LogP contribution in [0.15, 0.2) is 0 Å². The number of aliphatic carboxylic acids is 1. The Kier molecular flexibility index (Phi) is 4.48. The van der Waals surface area contributed by atoms with E-state index >= 15 is 0 Å². The number of amides is 1. The number of hydrogen-bond donors (Lipinski definition) is 1. The molecule has 0 aromatic rings. The van der Waals surface area contributed by atoms with E-state index in [-0.39, 0.29) is 13.0 Å². The second-order valence-corrected chi connectivity index (χ2v) is 6.72. The number of hydrogen-bond acceptors (Lipinski definition) is 4. The van der Waals surface area contributed by atoms with E-state index in [9.17, 15) is 18.0 Å². The molecule has 16 heavy (non-hydrogen) atoms. The normalized spacial score (nSPS) is 12.2. The molecule has 0 aliphatic heterocycles. The molecule has 0 saturated heterocycles. The van der Waals surface area contributed by atoms with Crippen LogP contribution in [0.3, 0.4) is 0 Å². The number of rotatable bonds is 5. The third-order valence-electron chi connectivity index (χ3n) is 2.45. The van der Waals surface area contributed by atoms with Gasteiger partial charge in [0.15, 0.2) is 9.84 Å². The average molecular weight is 251 g/mol. The van der Waals surface area contributed by atoms with Crippen LogP contribution in [0, 0.1) is 0 Å². The molecule has 0 atom stereocenters. The van der Waals surface area contributed by atoms with Crippen molar-refractivity contribution in [2.75, 3.05) is 19.8 Å². The third kappa shape index (κ3) is 3.48. The fraction of sp³-hybridized carbons (Fsp3) is 0.778. The molecule has 1 N–H and O–H groups in total. The second-order valence-electron chi connectivity index (χ2n) is 4.15. The number of sulfone groups is 1. The Hall–Kier alpha value is -1.11. The highest BCUT2D eigenvalue weighted by molar-refractivity contribution is 7.92. The van der Waals surface area contributed by atoms with Crippen LogP contribution < -0.4 is 0 Å². The summed E-state index contributed by atoms with van der Waals surface area (Å²) in [6, 6.07) is 0. The van der Waals surface area contributed by atoms with Crippen molar-refractivity contribution < 1.29 is 23.1 Å². The largest absolute Gasteiger partial charge is 0.481 e. The summed E-state index contributed by atoms with van der Waals surface area (Å²) in [5.41, 5.74) is 0. The summed E-state index contributed by atoms with van der Waals surface area (Å²) < 4.78 is 21.2. The lowest BCUT2D eigenvalue weighted by atomic mass is 10.2. The van der Waals surface area contributed by atoms with E-state index in [1.165, 1.54) is 20.9 Å². The molecule has 0 aliphatic rings. The molecule has 94 valence electrons. The van der Waals surface area contributed by atoms with E-state index in [1.807, 2.05) is 0 Å². The van der Waals surface area contributed by atoms with Gasteiger partial charge < -0.3 is 10.0 Å². The van der Waals surface area contributed by atoms with Crippen LogP contribution in [0.25, 0.3) is 0 Å². The molecule has 0 radical (unpaired) electrons. The maximum atomic E-state index is 11.8. The molecule has 0 aromatic heterocycles. The van der Waals surface area contributed by atoms with E-state index in [4.69, 9.17) is 5.11 Å². The fourth-order valence-electron chi connectivity index (χ4n) is 0.983. The van der Waals surface area contributed by atoms with Crippen LogP contribution in [0.2, 0.25) is 0 Å². The molecule has 0 fully saturated rings. The van der Waals surface area contributed by atoms with Gasteiger partial charge in [0.05, 0.1) is 6.42 Å². The first-order valence-electron chi connectivity index (χ1n) is 4.67. The highest BCUT2D eigenvalue weighted by Gasteiger charge is 2.40. The van der Waals surface area contributed by atoms with Crippen LogP contribution in [0.4, 0.5) is 0 Å². The lowest BCUT2D eigenvalue weighted by Gasteiger charge is -2.27. The topological polar surface area (TPSA) is 91.8 Å². The zero-order valence-corrected chi connectivity index (χ0v) is 10.7. The van der Waals surface area contributed by atoms with Gasteiger partial charge in [0.2, 0.25) is 5.91 Å². The summed E-state index contributed by atoms with van der Waals surface area (Å²) in [6.45, 7) is 2.61. The zero-order valence-electron chi connectivity index (χ0n) is 9.85. The monoisotopic (exact) mass is 251 g/mol. The van der Waals surface area contributed by atoms with Gasteiger partial charge in [-0.2, -0.15) is 0 Å². The summed E-state index contributed by atoms with van der Waals surface area (Å²) >= 11 is 0. The van der Waals surface area contributed by atoms with E-state index in [2.05, 4.69) is 0 Å². The van der Waals surface area contributed by atoms with Gasteiger partial charge in [0, 0.05) is 19.8 Å². The number of carbonyl (C=O) groups excluding carboxylic acids is 1. The van der Waals surface area contributed by atoms with Gasteiger partial charge in [-0.3, -0.25) is 9.59 Å². The summed E-state index contributed by atoms with van der Waals surface area (Å²) in [6.07, 6.45) is 0.776. The first-order chi connectivity index (χ1) is 7.00. The van der Waals surface area contributed by atoms with Gasteiger partial charge in [-0.1, -0.05) is 0 Å². The number of carbonyl (C=O) groups is 2. The predicted octanol–water partition coefficient (Wildman–Crippen LogP) is -0.257. The molecule has 6 nitrogen and oxygen atoms in total. The number of carboxylic acid groups (broad SMARTS) is 1. The van der Waals surface area contributed by atoms with E-state index in [0.717, 1.165) is 11.2 Å². The van der Waals surface area contributed by atoms with Gasteiger partial charge in [-0.05, 0) is 13.8 Å². The highest BCUT2D eigenvalue weighted by Crippen LogP contribution is 2.17. The van der Waals surface area contributed by atoms with Crippen molar-refractivity contribution in [3.05, 3.63) is 0 Å². The molecule has 0 unspecified atom stereocenters. The highest BCUT2D eigenvalue weighted by atomic mass is 32.2. The molecular formula is C9H17NO5S. The molecule has 0 saturated carbocycles. The average Bonchev–Trinajstić information content (AvgIpc) is 2.10. The van der Waals surface area contributed by atoms with Crippen LogP contribution in [0.1, 0.15) is 20.3 Å². The SMILES string of the molecule is CN(CCC(=O)O)C(=O)C(C)(C)S(C)(=O)=O. The van der Waals surface area contributed by atoms with Crippen LogP contribution in [-0.2, 0) is 19.4 Å². The Bertz CT molecular complexity index is 385. The Morgan fingerprint density at radius 2 is 1.75 bits per heavy atom. The van der Waals surface area contributed by atoms with Gasteiger partial charge in [-0.15, -0.1) is 0 Å². The van der Waals surface area contributed by atoms with Gasteiger partial charge in [0.1, 0.15) is 4.75 Å². The summed E-state index contributed by atoms with van der Waals surface area (Å²) in [7, 11) is -2.14. The van der Waals surface area contributed by atoms with Gasteiger partial charge >= 0.3 is 5.97 Å². The van der Waals surface area contributed by atoms with Crippen molar-refractivity contribution in [1.29, 1.82) is 0 Å². The molecule has 7 heteroatoms. The summed E-state index contributed by atoms with van der Waals surface area (Å²) in [4.78, 5) is 23.2. The maximum absolute atomic E-state index is 11.8. The van der Waals surface area contributed by atoms with Crippen molar-refractivity contribution >= 4 is 21.7 Å². The van der Waals surface area contributed by atoms with Crippen molar-refractivity contribution in [1.82, 2.24) is 4.90 Å². The van der Waals surface area contributed by atoms with Crippen LogP contribution in [0.5, 0.6) is 0 Å². The van der Waals surface area contributed by atoms with Crippen molar-refractivity contribution in [2.24, 2.45) is 0 Å². The van der Waals surface area contributed by atoms with Gasteiger partial charge in [-0.25, -0.2) is 8.42 Å². The smallest absolute Gasteiger partial charge is 0.305 e. The molecule has 0 bridgehead atoms. The van der Waals surface area contributed by atoms with E-state index < -0.39 is 26.5 Å². The van der Waals surface area contributed by atoms with Gasteiger partial charge in [0.25, 0.3) is 0 Å². The molecule has 1 amide bonds. The first kappa shape index (κ1) is 14.9. The minimum Gasteiger partial charge on any atom is -0.481 e. The number of carboxylic acids is 1. The molecular weight excluding hydrogens is 234 g/mol. The van der Waals surface area contributed by atoms with Crippen molar-refractivity contribution in [3.8, 4) is 0 Å². The summed E-state index contributed by atoms with van der Waals surface area (Å²) in [5, 5.41) is 8.45. The van der Waals surface area contributed by atoms with Crippen LogP contribution in [-0.4, -0.2) is 54.9 Å². The molecule has 0 spiro atoms. The Morgan fingerprint density at radius 1 is 1.31 bits per heavy atom. The lowest BCUT2D eigenvalue weighted by molar-refractivity contribution is -0.138. The number of nitrogens with zero attached hydrogens (tertiary/aromatic N) is 1. The summed E-state index contributed by atoms with van der Waals surface area (Å²) in [5.74, 6) is -1.63. The Balaban J connectivity index is 4.74. The predicted molar refractivity (Wildman–Crippen MR) is 58.8 cm³/mol. The van der Waals surface area contributed by atoms with E-state index in [1.54, 1.807) is 0 Å². The Labute approximate surface area is 95.2 Å². The van der Waals surface area contributed by atoms with Crippen molar-refractivity contribution in [2.45, 2.75) is 25.0 Å². The first-order valence-corrected chi connectivity index (χ1v) is 6.56. The van der Waals surface area contributed by atoms with Crippen molar-refractivity contribution in [3.63, 3.8) is 0 Å². The zero-order chi connectivity index (χ0) is 13.1. The quantitative estimate of drug-likeness (QED) is 0.727. The lowest BCUT2D eigenvalue weighted by Crippen LogP contribution is -2.48. The fourth-order valence-corrected chi connectivity index (χ4v) is 1.46. The van der Waals surface area contributed by atoms with E-state index in [0.29, 0.717) is 0 Å².